The lowest BCUT2D eigenvalue weighted by Gasteiger charge is -2.05. The number of carbonyl (C=O) groups excluding carboxylic acids is 1. The zero-order valence-electron chi connectivity index (χ0n) is 8.40. The van der Waals surface area contributed by atoms with Crippen LogP contribution in [0.3, 0.4) is 0 Å². The van der Waals surface area contributed by atoms with Crippen LogP contribution in [0.1, 0.15) is 11.1 Å². The molecule has 0 fully saturated rings. The zero-order valence-corrected chi connectivity index (χ0v) is 8.40. The van der Waals surface area contributed by atoms with Crippen molar-refractivity contribution in [2.24, 2.45) is 0 Å². The van der Waals surface area contributed by atoms with Gasteiger partial charge in [-0.1, -0.05) is 24.3 Å². The minimum Gasteiger partial charge on any atom is -0.346 e. The molecule has 0 heterocycles. The van der Waals surface area contributed by atoms with Crippen LogP contribution in [-0.4, -0.2) is 17.4 Å². The third kappa shape index (κ3) is 3.76. The van der Waals surface area contributed by atoms with Gasteiger partial charge in [-0.05, 0) is 18.1 Å². The first-order valence-corrected chi connectivity index (χ1v) is 4.52. The second kappa shape index (κ2) is 5.09. The van der Waals surface area contributed by atoms with E-state index < -0.39 is 17.4 Å². The maximum atomic E-state index is 11.0. The molecule has 0 aliphatic carbocycles. The largest absolute Gasteiger partial charge is 0.346 e. The van der Waals surface area contributed by atoms with Crippen LogP contribution in [-0.2, 0) is 11.3 Å². The number of carbonyl (C=O) groups is 1. The second-order valence-corrected chi connectivity index (χ2v) is 3.19. The molecule has 0 radical (unpaired) electrons. The van der Waals surface area contributed by atoms with E-state index in [-0.39, 0.29) is 0 Å². The van der Waals surface area contributed by atoms with E-state index >= 15 is 0 Å². The Morgan fingerprint density at radius 1 is 1.47 bits per heavy atom. The van der Waals surface area contributed by atoms with Gasteiger partial charge >= 0.3 is 0 Å². The van der Waals surface area contributed by atoms with Gasteiger partial charge in [0.2, 0.25) is 0 Å². The molecule has 0 atom stereocenters. The molecule has 0 unspecified atom stereocenters. The number of amides is 1. The summed E-state index contributed by atoms with van der Waals surface area (Å²) in [5, 5.41) is 12.5. The van der Waals surface area contributed by atoms with E-state index in [0.717, 1.165) is 11.1 Å². The average molecular weight is 208 g/mol. The number of benzene rings is 1. The lowest BCUT2D eigenvalue weighted by molar-refractivity contribution is -0.467. The minimum absolute atomic E-state index is 0.333. The van der Waals surface area contributed by atoms with E-state index in [1.165, 1.54) is 0 Å². The maximum absolute atomic E-state index is 11.0. The SMILES string of the molecule is Cc1ccccc1CNC(=O)C[N+](=O)[O-]. The molecule has 80 valence electrons. The molecular weight excluding hydrogens is 196 g/mol. The van der Waals surface area contributed by atoms with Gasteiger partial charge in [-0.2, -0.15) is 0 Å². The number of nitrogens with one attached hydrogen (secondary N) is 1. The van der Waals surface area contributed by atoms with Crippen molar-refractivity contribution in [1.29, 1.82) is 0 Å². The van der Waals surface area contributed by atoms with Crippen molar-refractivity contribution >= 4 is 5.91 Å². The highest BCUT2D eigenvalue weighted by molar-refractivity contribution is 5.76. The van der Waals surface area contributed by atoms with Crippen LogP contribution in [0.4, 0.5) is 0 Å². The van der Waals surface area contributed by atoms with Crippen molar-refractivity contribution in [2.75, 3.05) is 6.54 Å². The molecule has 0 bridgehead atoms. The van der Waals surface area contributed by atoms with E-state index in [4.69, 9.17) is 0 Å². The fraction of sp³-hybridized carbons (Fsp3) is 0.300. The van der Waals surface area contributed by atoms with Gasteiger partial charge in [0, 0.05) is 11.5 Å². The minimum atomic E-state index is -0.675. The molecule has 0 saturated heterocycles. The number of nitrogens with zero attached hydrogens (tertiary/aromatic N) is 1. The predicted molar refractivity (Wildman–Crippen MR) is 54.9 cm³/mol. The summed E-state index contributed by atoms with van der Waals surface area (Å²) in [5.41, 5.74) is 2.02. The maximum Gasteiger partial charge on any atom is 0.292 e. The van der Waals surface area contributed by atoms with Crippen molar-refractivity contribution in [3.8, 4) is 0 Å². The van der Waals surface area contributed by atoms with Gasteiger partial charge in [0.05, 0.1) is 0 Å². The Morgan fingerprint density at radius 3 is 2.73 bits per heavy atom. The van der Waals surface area contributed by atoms with Gasteiger partial charge in [0.15, 0.2) is 0 Å². The highest BCUT2D eigenvalue weighted by Crippen LogP contribution is 2.05. The fourth-order valence-corrected chi connectivity index (χ4v) is 1.18. The van der Waals surface area contributed by atoms with Crippen LogP contribution in [0.5, 0.6) is 0 Å². The molecule has 15 heavy (non-hydrogen) atoms. The Balaban J connectivity index is 2.47. The lowest BCUT2D eigenvalue weighted by atomic mass is 10.1. The molecule has 0 aromatic heterocycles. The Kier molecular flexibility index (Phi) is 3.79. The summed E-state index contributed by atoms with van der Waals surface area (Å²) in [6.07, 6.45) is 0. The molecule has 1 N–H and O–H groups in total. The number of nitro groups is 1. The number of hydrogen-bond acceptors (Lipinski definition) is 3. The molecule has 1 rings (SSSR count). The molecule has 0 spiro atoms. The van der Waals surface area contributed by atoms with Crippen LogP contribution in [0.15, 0.2) is 24.3 Å². The Bertz CT molecular complexity index is 377. The Hall–Kier alpha value is -1.91. The standard InChI is InChI=1S/C10H12N2O3/c1-8-4-2-3-5-9(8)6-11-10(13)7-12(14)15/h2-5H,6-7H2,1H3,(H,11,13). The first kappa shape index (κ1) is 11.2. The Labute approximate surface area is 87.3 Å². The van der Waals surface area contributed by atoms with Crippen LogP contribution in [0, 0.1) is 17.0 Å². The summed E-state index contributed by atoms with van der Waals surface area (Å²) in [5.74, 6) is -0.566. The van der Waals surface area contributed by atoms with Crippen molar-refractivity contribution < 1.29 is 9.72 Å². The number of rotatable bonds is 4. The van der Waals surface area contributed by atoms with Crippen LogP contribution in [0.25, 0.3) is 0 Å². The smallest absolute Gasteiger partial charge is 0.292 e. The number of aryl methyl sites for hydroxylation is 1. The van der Waals surface area contributed by atoms with Gasteiger partial charge in [-0.15, -0.1) is 0 Å². The van der Waals surface area contributed by atoms with Crippen LogP contribution in [0.2, 0.25) is 0 Å². The summed E-state index contributed by atoms with van der Waals surface area (Å²) in [7, 11) is 0. The molecule has 5 nitrogen and oxygen atoms in total. The van der Waals surface area contributed by atoms with Gasteiger partial charge < -0.3 is 5.32 Å². The molecule has 0 saturated carbocycles. The van der Waals surface area contributed by atoms with E-state index in [9.17, 15) is 14.9 Å². The zero-order chi connectivity index (χ0) is 11.3. The lowest BCUT2D eigenvalue weighted by Crippen LogP contribution is -2.29. The summed E-state index contributed by atoms with van der Waals surface area (Å²) in [6, 6.07) is 7.57. The third-order valence-electron chi connectivity index (χ3n) is 2.01. The molecule has 0 aliphatic heterocycles. The topological polar surface area (TPSA) is 72.2 Å². The highest BCUT2D eigenvalue weighted by Gasteiger charge is 2.08. The first-order chi connectivity index (χ1) is 7.09. The normalized spacial score (nSPS) is 9.67. The van der Waals surface area contributed by atoms with Gasteiger partial charge in [0.25, 0.3) is 12.5 Å². The first-order valence-electron chi connectivity index (χ1n) is 4.52. The second-order valence-electron chi connectivity index (χ2n) is 3.19. The van der Waals surface area contributed by atoms with Crippen molar-refractivity contribution in [3.05, 3.63) is 45.5 Å². The van der Waals surface area contributed by atoms with Crippen LogP contribution < -0.4 is 5.32 Å². The molecule has 5 heteroatoms. The molecule has 1 aromatic rings. The average Bonchev–Trinajstić information content (AvgIpc) is 2.15. The summed E-state index contributed by atoms with van der Waals surface area (Å²) in [4.78, 5) is 20.4. The van der Waals surface area contributed by atoms with Crippen LogP contribution >= 0.6 is 0 Å². The van der Waals surface area contributed by atoms with Gasteiger partial charge in [-0.3, -0.25) is 14.9 Å². The highest BCUT2D eigenvalue weighted by atomic mass is 16.6. The van der Waals surface area contributed by atoms with E-state index in [1.54, 1.807) is 0 Å². The van der Waals surface area contributed by atoms with Crippen molar-refractivity contribution in [1.82, 2.24) is 5.32 Å². The molecule has 0 aliphatic rings. The van der Waals surface area contributed by atoms with Gasteiger partial charge in [-0.25, -0.2) is 0 Å². The fourth-order valence-electron chi connectivity index (χ4n) is 1.18. The van der Waals surface area contributed by atoms with Crippen molar-refractivity contribution in [3.63, 3.8) is 0 Å². The Morgan fingerprint density at radius 2 is 2.13 bits per heavy atom. The van der Waals surface area contributed by atoms with E-state index in [2.05, 4.69) is 5.32 Å². The van der Waals surface area contributed by atoms with Crippen molar-refractivity contribution in [2.45, 2.75) is 13.5 Å². The van der Waals surface area contributed by atoms with E-state index in [0.29, 0.717) is 6.54 Å². The molecule has 1 aromatic carbocycles. The van der Waals surface area contributed by atoms with E-state index in [1.807, 2.05) is 31.2 Å². The predicted octanol–water partition coefficient (Wildman–Crippen LogP) is 0.888. The monoisotopic (exact) mass is 208 g/mol. The summed E-state index contributed by atoms with van der Waals surface area (Å²) in [6.45, 7) is 1.58. The number of hydrogen-bond donors (Lipinski definition) is 1. The molecular formula is C10H12N2O3. The summed E-state index contributed by atoms with van der Waals surface area (Å²) < 4.78 is 0. The quantitative estimate of drug-likeness (QED) is 0.590. The third-order valence-corrected chi connectivity index (χ3v) is 2.01. The molecule has 1 amide bonds. The van der Waals surface area contributed by atoms with Gasteiger partial charge in [0.1, 0.15) is 0 Å². The summed E-state index contributed by atoms with van der Waals surface area (Å²) >= 11 is 0.